The molecule has 0 saturated heterocycles. The highest BCUT2D eigenvalue weighted by Crippen LogP contribution is 2.13. The highest BCUT2D eigenvalue weighted by Gasteiger charge is 2.03. The number of nitrogens with zero attached hydrogens (tertiary/aromatic N) is 2. The zero-order chi connectivity index (χ0) is 16.7. The maximum atomic E-state index is 11.8. The number of nitrogens with one attached hydrogen (secondary N) is 2. The van der Waals surface area contributed by atoms with Crippen molar-refractivity contribution in [1.29, 1.82) is 0 Å². The Kier molecular flexibility index (Phi) is 8.17. The number of guanidine groups is 1. The number of benzene rings is 1. The molecule has 0 unspecified atom stereocenters. The van der Waals surface area contributed by atoms with Crippen LogP contribution in [0.3, 0.4) is 0 Å². The monoisotopic (exact) mass is 439 g/mol. The normalized spacial score (nSPS) is 10.7. The molecule has 0 aliphatic carbocycles. The fourth-order valence-corrected chi connectivity index (χ4v) is 1.95. The summed E-state index contributed by atoms with van der Waals surface area (Å²) >= 11 is 0. The molecule has 4 N–H and O–H groups in total. The molecule has 0 aliphatic rings. The number of halogens is 1. The van der Waals surface area contributed by atoms with Gasteiger partial charge in [0, 0.05) is 24.6 Å². The Hall–Kier alpha value is -2.16. The lowest BCUT2D eigenvalue weighted by atomic mass is 10.1. The van der Waals surface area contributed by atoms with Crippen LogP contribution in [0.5, 0.6) is 0 Å². The smallest absolute Gasteiger partial charge is 0.252 e. The number of rotatable bonds is 5. The van der Waals surface area contributed by atoms with Crippen LogP contribution in [0.2, 0.25) is 0 Å². The number of anilines is 1. The molecule has 7 heteroatoms. The number of aromatic nitrogens is 1. The number of pyridine rings is 1. The van der Waals surface area contributed by atoms with Gasteiger partial charge in [-0.1, -0.05) is 6.07 Å². The van der Waals surface area contributed by atoms with Gasteiger partial charge in [0.05, 0.1) is 12.1 Å². The zero-order valence-electron chi connectivity index (χ0n) is 13.7. The SMILES string of the molecule is Cc1ccc(NC(N)=NCCNC(=O)c2cccnc2)cc1C.I. The molecule has 6 nitrogen and oxygen atoms in total. The third-order valence-electron chi connectivity index (χ3n) is 3.38. The topological polar surface area (TPSA) is 92.4 Å². The molecule has 0 fully saturated rings. The van der Waals surface area contributed by atoms with Crippen LogP contribution in [0.1, 0.15) is 21.5 Å². The van der Waals surface area contributed by atoms with Crippen LogP contribution in [-0.4, -0.2) is 29.9 Å². The first-order chi connectivity index (χ1) is 11.1. The van der Waals surface area contributed by atoms with Crippen molar-refractivity contribution >= 4 is 41.5 Å². The van der Waals surface area contributed by atoms with Crippen molar-refractivity contribution in [3.8, 4) is 0 Å². The minimum absolute atomic E-state index is 0. The summed E-state index contributed by atoms with van der Waals surface area (Å²) in [5, 5.41) is 5.80. The van der Waals surface area contributed by atoms with E-state index < -0.39 is 0 Å². The van der Waals surface area contributed by atoms with Crippen LogP contribution in [-0.2, 0) is 0 Å². The number of carbonyl (C=O) groups is 1. The van der Waals surface area contributed by atoms with Gasteiger partial charge in [-0.2, -0.15) is 0 Å². The maximum Gasteiger partial charge on any atom is 0.252 e. The Labute approximate surface area is 159 Å². The molecule has 1 aromatic carbocycles. The van der Waals surface area contributed by atoms with Crippen molar-refractivity contribution in [3.63, 3.8) is 0 Å². The minimum atomic E-state index is -0.172. The molecule has 0 atom stereocenters. The number of aryl methyl sites for hydroxylation is 2. The Morgan fingerprint density at radius 3 is 2.71 bits per heavy atom. The number of amides is 1. The van der Waals surface area contributed by atoms with E-state index in [0.29, 0.717) is 24.6 Å². The van der Waals surface area contributed by atoms with Crippen LogP contribution in [0.4, 0.5) is 5.69 Å². The van der Waals surface area contributed by atoms with E-state index in [-0.39, 0.29) is 29.9 Å². The number of carbonyl (C=O) groups excluding carboxylic acids is 1. The summed E-state index contributed by atoms with van der Waals surface area (Å²) in [5.41, 5.74) is 9.67. The predicted octanol–water partition coefficient (Wildman–Crippen LogP) is 2.47. The van der Waals surface area contributed by atoms with Gasteiger partial charge < -0.3 is 16.4 Å². The van der Waals surface area contributed by atoms with Gasteiger partial charge in [-0.25, -0.2) is 0 Å². The molecule has 24 heavy (non-hydrogen) atoms. The molecule has 2 aromatic rings. The van der Waals surface area contributed by atoms with E-state index in [4.69, 9.17) is 5.73 Å². The van der Waals surface area contributed by atoms with Crippen molar-refractivity contribution in [2.45, 2.75) is 13.8 Å². The van der Waals surface area contributed by atoms with Gasteiger partial charge in [-0.05, 0) is 49.2 Å². The van der Waals surface area contributed by atoms with Gasteiger partial charge in [0.1, 0.15) is 0 Å². The van der Waals surface area contributed by atoms with Crippen molar-refractivity contribution < 1.29 is 4.79 Å². The van der Waals surface area contributed by atoms with E-state index in [1.165, 1.54) is 17.3 Å². The molecule has 0 aliphatic heterocycles. The highest BCUT2D eigenvalue weighted by atomic mass is 127. The molecule has 1 heterocycles. The third kappa shape index (κ3) is 6.15. The van der Waals surface area contributed by atoms with Gasteiger partial charge in [-0.15, -0.1) is 24.0 Å². The Bertz CT molecular complexity index is 703. The lowest BCUT2D eigenvalue weighted by molar-refractivity contribution is 0.0954. The van der Waals surface area contributed by atoms with E-state index in [9.17, 15) is 4.79 Å². The van der Waals surface area contributed by atoms with Crippen LogP contribution in [0.25, 0.3) is 0 Å². The Morgan fingerprint density at radius 2 is 2.04 bits per heavy atom. The molecule has 0 radical (unpaired) electrons. The van der Waals surface area contributed by atoms with E-state index in [1.54, 1.807) is 18.3 Å². The summed E-state index contributed by atoms with van der Waals surface area (Å²) in [4.78, 5) is 19.9. The second-order valence-electron chi connectivity index (χ2n) is 5.19. The van der Waals surface area contributed by atoms with Crippen molar-refractivity contribution in [3.05, 3.63) is 59.4 Å². The van der Waals surface area contributed by atoms with Crippen molar-refractivity contribution in [2.75, 3.05) is 18.4 Å². The third-order valence-corrected chi connectivity index (χ3v) is 3.38. The maximum absolute atomic E-state index is 11.8. The van der Waals surface area contributed by atoms with Gasteiger partial charge in [0.2, 0.25) is 0 Å². The van der Waals surface area contributed by atoms with E-state index in [2.05, 4.69) is 27.5 Å². The predicted molar refractivity (Wildman–Crippen MR) is 108 cm³/mol. The van der Waals surface area contributed by atoms with Crippen LogP contribution >= 0.6 is 24.0 Å². The zero-order valence-corrected chi connectivity index (χ0v) is 16.1. The molecular formula is C17H22IN5O. The molecule has 1 amide bonds. The number of hydrogen-bond donors (Lipinski definition) is 3. The van der Waals surface area contributed by atoms with Gasteiger partial charge in [0.15, 0.2) is 5.96 Å². The molecule has 0 spiro atoms. The second-order valence-corrected chi connectivity index (χ2v) is 5.19. The van der Waals surface area contributed by atoms with Crippen LogP contribution in [0, 0.1) is 13.8 Å². The molecule has 0 saturated carbocycles. The van der Waals surface area contributed by atoms with E-state index in [0.717, 1.165) is 5.69 Å². The fourth-order valence-electron chi connectivity index (χ4n) is 1.95. The minimum Gasteiger partial charge on any atom is -0.370 e. The lowest BCUT2D eigenvalue weighted by Gasteiger charge is -2.08. The summed E-state index contributed by atoms with van der Waals surface area (Å²) in [6.07, 6.45) is 3.15. The lowest BCUT2D eigenvalue weighted by Crippen LogP contribution is -2.28. The fraction of sp³-hybridized carbons (Fsp3) is 0.235. The molecule has 2 rings (SSSR count). The van der Waals surface area contributed by atoms with Crippen LogP contribution < -0.4 is 16.4 Å². The van der Waals surface area contributed by atoms with Gasteiger partial charge in [0.25, 0.3) is 5.91 Å². The quantitative estimate of drug-likeness (QED) is 0.289. The summed E-state index contributed by atoms with van der Waals surface area (Å²) in [6, 6.07) is 9.43. The van der Waals surface area contributed by atoms with Gasteiger partial charge in [-0.3, -0.25) is 14.8 Å². The summed E-state index contributed by atoms with van der Waals surface area (Å²) in [6.45, 7) is 4.90. The molecular weight excluding hydrogens is 417 g/mol. The first kappa shape index (κ1) is 19.9. The van der Waals surface area contributed by atoms with Gasteiger partial charge >= 0.3 is 0 Å². The van der Waals surface area contributed by atoms with Crippen molar-refractivity contribution in [2.24, 2.45) is 10.7 Å². The number of nitrogens with two attached hydrogens (primary N) is 1. The average molecular weight is 439 g/mol. The van der Waals surface area contributed by atoms with Crippen molar-refractivity contribution in [1.82, 2.24) is 10.3 Å². The standard InChI is InChI=1S/C17H21N5O.HI/c1-12-5-6-15(10-13(12)2)22-17(18)21-9-8-20-16(23)14-4-3-7-19-11-14;/h3-7,10-11H,8-9H2,1-2H3,(H,20,23)(H3,18,21,22);1H. The van der Waals surface area contributed by atoms with E-state index >= 15 is 0 Å². The number of aliphatic imine (C=N–C) groups is 1. The summed E-state index contributed by atoms with van der Waals surface area (Å²) in [5.74, 6) is 0.151. The largest absolute Gasteiger partial charge is 0.370 e. The first-order valence-corrected chi connectivity index (χ1v) is 7.38. The number of hydrogen-bond acceptors (Lipinski definition) is 3. The second kappa shape index (κ2) is 9.86. The van der Waals surface area contributed by atoms with Crippen LogP contribution in [0.15, 0.2) is 47.7 Å². The Balaban J connectivity index is 0.00000288. The average Bonchev–Trinajstić information content (AvgIpc) is 2.55. The summed E-state index contributed by atoms with van der Waals surface area (Å²) < 4.78 is 0. The molecule has 128 valence electrons. The summed E-state index contributed by atoms with van der Waals surface area (Å²) in [7, 11) is 0. The molecule has 1 aromatic heterocycles. The first-order valence-electron chi connectivity index (χ1n) is 7.38. The molecule has 0 bridgehead atoms. The highest BCUT2D eigenvalue weighted by molar-refractivity contribution is 14.0. The Morgan fingerprint density at radius 1 is 1.25 bits per heavy atom. The van der Waals surface area contributed by atoms with E-state index in [1.807, 2.05) is 25.1 Å².